The van der Waals surface area contributed by atoms with E-state index in [1.54, 1.807) is 6.26 Å². The molecule has 1 heterocycles. The van der Waals surface area contributed by atoms with Gasteiger partial charge in [-0.1, -0.05) is 26.0 Å². The number of para-hydroxylation sites is 2. The fourth-order valence-corrected chi connectivity index (χ4v) is 1.77. The van der Waals surface area contributed by atoms with Crippen LogP contribution in [-0.2, 0) is 6.54 Å². The van der Waals surface area contributed by atoms with E-state index in [0.717, 1.165) is 25.1 Å². The number of nitrogens with one attached hydrogen (secondary N) is 1. The molecule has 0 fully saturated rings. The molecule has 0 saturated carbocycles. The van der Waals surface area contributed by atoms with Crippen LogP contribution in [0.25, 0.3) is 0 Å². The topological polar surface area (TPSA) is 56.5 Å². The highest BCUT2D eigenvalue weighted by Crippen LogP contribution is 2.30. The molecule has 0 aliphatic carbocycles. The van der Waals surface area contributed by atoms with Gasteiger partial charge in [-0.3, -0.25) is 0 Å². The molecule has 0 unspecified atom stereocenters. The Hall–Kier alpha value is -2.01. The van der Waals surface area contributed by atoms with Crippen LogP contribution in [0.3, 0.4) is 0 Å². The summed E-state index contributed by atoms with van der Waals surface area (Å²) in [5.41, 5.74) is 0.824. The van der Waals surface area contributed by atoms with Crippen LogP contribution in [0.5, 0.6) is 17.6 Å². The van der Waals surface area contributed by atoms with Gasteiger partial charge in [0.2, 0.25) is 0 Å². The van der Waals surface area contributed by atoms with E-state index in [4.69, 9.17) is 13.9 Å². The average molecular weight is 290 g/mol. The van der Waals surface area contributed by atoms with E-state index in [1.807, 2.05) is 24.3 Å². The van der Waals surface area contributed by atoms with Gasteiger partial charge in [-0.05, 0) is 31.5 Å². The third kappa shape index (κ3) is 4.79. The van der Waals surface area contributed by atoms with Crippen molar-refractivity contribution in [2.75, 3.05) is 13.2 Å². The van der Waals surface area contributed by atoms with Crippen LogP contribution >= 0.6 is 0 Å². The fourth-order valence-electron chi connectivity index (χ4n) is 1.77. The Morgan fingerprint density at radius 2 is 1.95 bits per heavy atom. The Labute approximate surface area is 125 Å². The summed E-state index contributed by atoms with van der Waals surface area (Å²) in [6.07, 6.45) is 3.87. The van der Waals surface area contributed by atoms with Gasteiger partial charge in [0.15, 0.2) is 11.5 Å². The summed E-state index contributed by atoms with van der Waals surface area (Å²) in [7, 11) is 0. The maximum absolute atomic E-state index is 5.66. The Kier molecular flexibility index (Phi) is 6.09. The lowest BCUT2D eigenvalue weighted by molar-refractivity contribution is 0.280. The van der Waals surface area contributed by atoms with Gasteiger partial charge in [-0.2, -0.15) is 4.98 Å². The first kappa shape index (κ1) is 15.4. The molecule has 114 valence electrons. The van der Waals surface area contributed by atoms with Gasteiger partial charge in [0.05, 0.1) is 12.3 Å². The maximum atomic E-state index is 5.66. The smallest absolute Gasteiger partial charge is 0.399 e. The second-order valence-electron chi connectivity index (χ2n) is 4.68. The molecule has 0 bridgehead atoms. The van der Waals surface area contributed by atoms with Crippen molar-refractivity contribution in [1.29, 1.82) is 0 Å². The van der Waals surface area contributed by atoms with Crippen LogP contribution in [0, 0.1) is 0 Å². The van der Waals surface area contributed by atoms with E-state index >= 15 is 0 Å². The quantitative estimate of drug-likeness (QED) is 0.713. The minimum atomic E-state index is 0.232. The van der Waals surface area contributed by atoms with Crippen LogP contribution in [-0.4, -0.2) is 18.1 Å². The van der Waals surface area contributed by atoms with Crippen molar-refractivity contribution in [3.05, 3.63) is 36.2 Å². The molecule has 0 saturated heterocycles. The lowest BCUT2D eigenvalue weighted by Crippen LogP contribution is -2.13. The van der Waals surface area contributed by atoms with Gasteiger partial charge >= 0.3 is 6.08 Å². The number of hydrogen-bond acceptors (Lipinski definition) is 5. The molecule has 5 heteroatoms. The summed E-state index contributed by atoms with van der Waals surface area (Å²) in [6, 6.07) is 7.51. The van der Waals surface area contributed by atoms with Crippen LogP contribution in [0.2, 0.25) is 0 Å². The van der Waals surface area contributed by atoms with E-state index in [9.17, 15) is 0 Å². The number of aromatic nitrogens is 1. The predicted octanol–water partition coefficient (Wildman–Crippen LogP) is 3.76. The Morgan fingerprint density at radius 3 is 2.71 bits per heavy atom. The molecule has 1 N–H and O–H groups in total. The van der Waals surface area contributed by atoms with Crippen molar-refractivity contribution < 1.29 is 13.9 Å². The van der Waals surface area contributed by atoms with Crippen molar-refractivity contribution in [3.8, 4) is 17.6 Å². The number of ether oxygens (including phenoxy) is 2. The summed E-state index contributed by atoms with van der Waals surface area (Å²) >= 11 is 0. The summed E-state index contributed by atoms with van der Waals surface area (Å²) < 4.78 is 16.6. The SMILES string of the molecule is CCCNCc1coc(Oc2ccccc2OCCC)n1. The zero-order valence-electron chi connectivity index (χ0n) is 12.6. The number of rotatable bonds is 9. The standard InChI is InChI=1S/C16H22N2O3/c1-3-9-17-11-13-12-20-16(18-13)21-15-8-6-5-7-14(15)19-10-4-2/h5-8,12,17H,3-4,9-11H2,1-2H3. The van der Waals surface area contributed by atoms with Crippen molar-refractivity contribution >= 4 is 0 Å². The van der Waals surface area contributed by atoms with Gasteiger partial charge in [0, 0.05) is 6.54 Å². The molecule has 0 aliphatic heterocycles. The zero-order valence-corrected chi connectivity index (χ0v) is 12.6. The van der Waals surface area contributed by atoms with Crippen LogP contribution in [0.15, 0.2) is 34.9 Å². The first-order valence-corrected chi connectivity index (χ1v) is 7.38. The molecule has 21 heavy (non-hydrogen) atoms. The summed E-state index contributed by atoms with van der Waals surface area (Å²) in [6.45, 7) is 6.47. The molecule has 0 amide bonds. The second-order valence-corrected chi connectivity index (χ2v) is 4.68. The highest BCUT2D eigenvalue weighted by molar-refractivity contribution is 5.40. The highest BCUT2D eigenvalue weighted by Gasteiger charge is 2.10. The van der Waals surface area contributed by atoms with Crippen molar-refractivity contribution in [2.45, 2.75) is 33.2 Å². The number of hydrogen-bond donors (Lipinski definition) is 1. The fraction of sp³-hybridized carbons (Fsp3) is 0.438. The molecular weight excluding hydrogens is 268 g/mol. The Bertz CT molecular complexity index is 540. The van der Waals surface area contributed by atoms with E-state index in [2.05, 4.69) is 24.1 Å². The first-order valence-electron chi connectivity index (χ1n) is 7.38. The van der Waals surface area contributed by atoms with E-state index in [-0.39, 0.29) is 6.08 Å². The maximum Gasteiger partial charge on any atom is 0.399 e. The molecule has 2 aromatic rings. The van der Waals surface area contributed by atoms with Crippen molar-refractivity contribution in [2.24, 2.45) is 0 Å². The molecular formula is C16H22N2O3. The Morgan fingerprint density at radius 1 is 1.14 bits per heavy atom. The number of oxazole rings is 1. The average Bonchev–Trinajstić information content (AvgIpc) is 2.94. The molecule has 5 nitrogen and oxygen atoms in total. The number of nitrogens with zero attached hydrogens (tertiary/aromatic N) is 1. The third-order valence-electron chi connectivity index (χ3n) is 2.77. The van der Waals surface area contributed by atoms with Gasteiger partial charge in [-0.15, -0.1) is 0 Å². The molecule has 0 aliphatic rings. The minimum Gasteiger partial charge on any atom is -0.490 e. The predicted molar refractivity (Wildman–Crippen MR) is 80.8 cm³/mol. The van der Waals surface area contributed by atoms with Crippen LogP contribution in [0.4, 0.5) is 0 Å². The third-order valence-corrected chi connectivity index (χ3v) is 2.77. The van der Waals surface area contributed by atoms with E-state index in [0.29, 0.717) is 24.7 Å². The zero-order chi connectivity index (χ0) is 14.9. The summed E-state index contributed by atoms with van der Waals surface area (Å²) in [5, 5.41) is 3.27. The lowest BCUT2D eigenvalue weighted by Gasteiger charge is -2.09. The summed E-state index contributed by atoms with van der Waals surface area (Å²) in [4.78, 5) is 4.29. The number of benzene rings is 1. The molecule has 2 rings (SSSR count). The second kappa shape index (κ2) is 8.32. The monoisotopic (exact) mass is 290 g/mol. The van der Waals surface area contributed by atoms with Gasteiger partial charge in [0.1, 0.15) is 6.26 Å². The molecule has 0 atom stereocenters. The van der Waals surface area contributed by atoms with Gasteiger partial charge in [0.25, 0.3) is 0 Å². The lowest BCUT2D eigenvalue weighted by atomic mass is 10.3. The molecule has 0 spiro atoms. The van der Waals surface area contributed by atoms with Crippen LogP contribution < -0.4 is 14.8 Å². The van der Waals surface area contributed by atoms with E-state index < -0.39 is 0 Å². The van der Waals surface area contributed by atoms with Crippen molar-refractivity contribution in [3.63, 3.8) is 0 Å². The molecule has 0 radical (unpaired) electrons. The highest BCUT2D eigenvalue weighted by atomic mass is 16.6. The molecule has 1 aromatic carbocycles. The normalized spacial score (nSPS) is 10.6. The van der Waals surface area contributed by atoms with E-state index in [1.165, 1.54) is 0 Å². The van der Waals surface area contributed by atoms with Gasteiger partial charge < -0.3 is 19.2 Å². The van der Waals surface area contributed by atoms with Crippen LogP contribution in [0.1, 0.15) is 32.4 Å². The first-order chi connectivity index (χ1) is 10.3. The minimum absolute atomic E-state index is 0.232. The van der Waals surface area contributed by atoms with Gasteiger partial charge in [-0.25, -0.2) is 0 Å². The Balaban J connectivity index is 1.98. The largest absolute Gasteiger partial charge is 0.490 e. The summed E-state index contributed by atoms with van der Waals surface area (Å²) in [5.74, 6) is 1.31. The van der Waals surface area contributed by atoms with Crippen molar-refractivity contribution in [1.82, 2.24) is 10.3 Å². The molecule has 1 aromatic heterocycles.